The second-order valence-corrected chi connectivity index (χ2v) is 6.71. The van der Waals surface area contributed by atoms with Gasteiger partial charge in [0.1, 0.15) is 5.60 Å². The Morgan fingerprint density at radius 1 is 1.32 bits per heavy atom. The summed E-state index contributed by atoms with van der Waals surface area (Å²) in [5, 5.41) is 0. The molecule has 0 fully saturated rings. The summed E-state index contributed by atoms with van der Waals surface area (Å²) in [7, 11) is 0. The average Bonchev–Trinajstić information content (AvgIpc) is 2.66. The molecule has 1 aliphatic rings. The normalized spacial score (nSPS) is 18.0. The summed E-state index contributed by atoms with van der Waals surface area (Å²) in [6.45, 7) is 5.53. The fourth-order valence-electron chi connectivity index (χ4n) is 2.15. The van der Waals surface area contributed by atoms with Crippen LogP contribution in [0.5, 0.6) is 0 Å². The Morgan fingerprint density at radius 2 is 2.00 bits per heavy atom. The van der Waals surface area contributed by atoms with Gasteiger partial charge in [0.2, 0.25) is 0 Å². The van der Waals surface area contributed by atoms with Crippen LogP contribution in [0.25, 0.3) is 0 Å². The number of hydrogen-bond acceptors (Lipinski definition) is 3. The van der Waals surface area contributed by atoms with Gasteiger partial charge in [-0.1, -0.05) is 22.0 Å². The zero-order valence-electron chi connectivity index (χ0n) is 11.4. The molecular weight excluding hydrogens is 308 g/mol. The fraction of sp³-hybridized carbons (Fsp3) is 0.500. The smallest absolute Gasteiger partial charge is 0.422 e. The number of amides is 1. The molecule has 1 unspecified atom stereocenters. The van der Waals surface area contributed by atoms with Crippen LogP contribution in [0.3, 0.4) is 0 Å². The minimum Gasteiger partial charge on any atom is -0.443 e. The summed E-state index contributed by atoms with van der Waals surface area (Å²) >= 11 is 3.47. The van der Waals surface area contributed by atoms with Crippen LogP contribution in [0.15, 0.2) is 22.7 Å². The summed E-state index contributed by atoms with van der Waals surface area (Å²) in [5.74, 6) is 0. The van der Waals surface area contributed by atoms with E-state index in [1.807, 2.05) is 26.8 Å². The maximum absolute atomic E-state index is 11.5. The summed E-state index contributed by atoms with van der Waals surface area (Å²) in [6.07, 6.45) is 1.38. The van der Waals surface area contributed by atoms with E-state index in [-0.39, 0.29) is 6.04 Å². The Balaban J connectivity index is 1.83. The number of benzene rings is 1. The van der Waals surface area contributed by atoms with Gasteiger partial charge in [-0.2, -0.15) is 0 Å². The average molecular weight is 327 g/mol. The predicted molar refractivity (Wildman–Crippen MR) is 77.8 cm³/mol. The van der Waals surface area contributed by atoms with Crippen LogP contribution in [-0.4, -0.2) is 17.7 Å². The topological polar surface area (TPSA) is 50.4 Å². The van der Waals surface area contributed by atoms with Crippen LogP contribution in [0.1, 0.15) is 31.9 Å². The number of ether oxygens (including phenoxy) is 1. The Hall–Kier alpha value is -1.07. The maximum Gasteiger partial charge on any atom is 0.422 e. The van der Waals surface area contributed by atoms with Crippen molar-refractivity contribution in [2.24, 2.45) is 0 Å². The third-order valence-electron chi connectivity index (χ3n) is 2.88. The summed E-state index contributed by atoms with van der Waals surface area (Å²) in [4.78, 5) is 11.5. The molecule has 1 aromatic rings. The number of carbonyl (C=O) groups excluding carboxylic acids is 1. The molecule has 2 rings (SSSR count). The number of carbonyl (C=O) groups is 1. The second-order valence-electron chi connectivity index (χ2n) is 5.79. The lowest BCUT2D eigenvalue weighted by atomic mass is 10.1. The number of nitrogens with one attached hydrogen (secondary N) is 2. The van der Waals surface area contributed by atoms with E-state index in [0.29, 0.717) is 0 Å². The Morgan fingerprint density at radius 3 is 2.68 bits per heavy atom. The monoisotopic (exact) mass is 326 g/mol. The van der Waals surface area contributed by atoms with E-state index in [4.69, 9.17) is 4.74 Å². The van der Waals surface area contributed by atoms with E-state index in [2.05, 4.69) is 38.9 Å². The van der Waals surface area contributed by atoms with Crippen molar-refractivity contribution < 1.29 is 9.53 Å². The standard InChI is InChI=1S/C14H19BrN2O2/c1-14(2,3)19-13(18)17-16-12-7-9-4-5-11(15)6-10(9)8-12/h4-6,12,16H,7-8H2,1-3H3,(H,17,18). The molecule has 2 N–H and O–H groups in total. The van der Waals surface area contributed by atoms with E-state index in [1.54, 1.807) is 0 Å². The molecule has 1 aromatic carbocycles. The van der Waals surface area contributed by atoms with E-state index in [1.165, 1.54) is 11.1 Å². The van der Waals surface area contributed by atoms with Crippen molar-refractivity contribution in [2.75, 3.05) is 0 Å². The summed E-state index contributed by atoms with van der Waals surface area (Å²) < 4.78 is 6.26. The first-order valence-corrected chi connectivity index (χ1v) is 7.14. The van der Waals surface area contributed by atoms with Crippen molar-refractivity contribution in [3.8, 4) is 0 Å². The molecule has 104 valence electrons. The molecule has 0 radical (unpaired) electrons. The van der Waals surface area contributed by atoms with E-state index < -0.39 is 11.7 Å². The first-order valence-electron chi connectivity index (χ1n) is 6.35. The van der Waals surface area contributed by atoms with Gasteiger partial charge in [-0.25, -0.2) is 10.2 Å². The van der Waals surface area contributed by atoms with Crippen LogP contribution < -0.4 is 10.9 Å². The van der Waals surface area contributed by atoms with Crippen LogP contribution in [0.2, 0.25) is 0 Å². The highest BCUT2D eigenvalue weighted by Crippen LogP contribution is 2.25. The molecule has 4 nitrogen and oxygen atoms in total. The van der Waals surface area contributed by atoms with Crippen molar-refractivity contribution in [3.05, 3.63) is 33.8 Å². The summed E-state index contributed by atoms with van der Waals surface area (Å²) in [5.41, 5.74) is 7.80. The lowest BCUT2D eigenvalue weighted by molar-refractivity contribution is 0.0488. The van der Waals surface area contributed by atoms with Crippen LogP contribution in [-0.2, 0) is 17.6 Å². The molecule has 1 aliphatic carbocycles. The molecule has 0 spiro atoms. The lowest BCUT2D eigenvalue weighted by Crippen LogP contribution is -2.46. The third-order valence-corrected chi connectivity index (χ3v) is 3.37. The number of hydrogen-bond donors (Lipinski definition) is 2. The lowest BCUT2D eigenvalue weighted by Gasteiger charge is -2.21. The highest BCUT2D eigenvalue weighted by molar-refractivity contribution is 9.10. The zero-order valence-corrected chi connectivity index (χ0v) is 13.0. The molecule has 0 heterocycles. The minimum atomic E-state index is -0.477. The van der Waals surface area contributed by atoms with Gasteiger partial charge in [0, 0.05) is 10.5 Å². The fourth-order valence-corrected chi connectivity index (χ4v) is 2.56. The van der Waals surface area contributed by atoms with Crippen molar-refractivity contribution in [1.82, 2.24) is 10.9 Å². The Kier molecular flexibility index (Phi) is 4.16. The molecule has 19 heavy (non-hydrogen) atoms. The van der Waals surface area contributed by atoms with E-state index >= 15 is 0 Å². The highest BCUT2D eigenvalue weighted by atomic mass is 79.9. The van der Waals surface area contributed by atoms with Crippen molar-refractivity contribution >= 4 is 22.0 Å². The minimum absolute atomic E-state index is 0.219. The van der Waals surface area contributed by atoms with Gasteiger partial charge in [0.15, 0.2) is 0 Å². The first-order chi connectivity index (χ1) is 8.83. The van der Waals surface area contributed by atoms with Gasteiger partial charge in [0.05, 0.1) is 0 Å². The SMILES string of the molecule is CC(C)(C)OC(=O)NNC1Cc2ccc(Br)cc2C1. The molecule has 1 amide bonds. The largest absolute Gasteiger partial charge is 0.443 e. The molecule has 1 atom stereocenters. The molecule has 0 aliphatic heterocycles. The summed E-state index contributed by atoms with van der Waals surface area (Å²) in [6, 6.07) is 6.51. The van der Waals surface area contributed by atoms with Crippen LogP contribution in [0, 0.1) is 0 Å². The van der Waals surface area contributed by atoms with Gasteiger partial charge < -0.3 is 4.74 Å². The van der Waals surface area contributed by atoms with Crippen LogP contribution in [0.4, 0.5) is 4.79 Å². The molecule has 5 heteroatoms. The van der Waals surface area contributed by atoms with Gasteiger partial charge in [0.25, 0.3) is 0 Å². The number of fused-ring (bicyclic) bond motifs is 1. The van der Waals surface area contributed by atoms with Crippen molar-refractivity contribution in [3.63, 3.8) is 0 Å². The van der Waals surface area contributed by atoms with Gasteiger partial charge in [-0.15, -0.1) is 0 Å². The highest BCUT2D eigenvalue weighted by Gasteiger charge is 2.23. The van der Waals surface area contributed by atoms with Crippen LogP contribution >= 0.6 is 15.9 Å². The predicted octanol–water partition coefficient (Wildman–Crippen LogP) is 2.95. The zero-order chi connectivity index (χ0) is 14.0. The third kappa shape index (κ3) is 4.21. The Bertz CT molecular complexity index is 483. The van der Waals surface area contributed by atoms with Gasteiger partial charge in [-0.05, 0) is 56.9 Å². The number of hydrazine groups is 1. The van der Waals surface area contributed by atoms with Crippen molar-refractivity contribution in [1.29, 1.82) is 0 Å². The second kappa shape index (κ2) is 5.51. The van der Waals surface area contributed by atoms with Crippen molar-refractivity contribution in [2.45, 2.75) is 45.3 Å². The van der Waals surface area contributed by atoms with E-state index in [0.717, 1.165) is 17.3 Å². The molecule has 0 bridgehead atoms. The van der Waals surface area contributed by atoms with Gasteiger partial charge in [-0.3, -0.25) is 5.43 Å². The molecule has 0 saturated carbocycles. The molecule has 0 aromatic heterocycles. The molecule has 0 saturated heterocycles. The van der Waals surface area contributed by atoms with Gasteiger partial charge >= 0.3 is 6.09 Å². The quantitative estimate of drug-likeness (QED) is 0.821. The number of halogens is 1. The number of rotatable bonds is 2. The van der Waals surface area contributed by atoms with E-state index in [9.17, 15) is 4.79 Å². The first kappa shape index (κ1) is 14.3. The maximum atomic E-state index is 11.5. The molecular formula is C14H19BrN2O2. The Labute approximate surface area is 122 Å².